The Morgan fingerprint density at radius 1 is 1.42 bits per heavy atom. The van der Waals surface area contributed by atoms with E-state index in [9.17, 15) is 18.0 Å². The molecule has 0 aromatic heterocycles. The number of esters is 1. The van der Waals surface area contributed by atoms with Crippen LogP contribution in [0.5, 0.6) is 0 Å². The van der Waals surface area contributed by atoms with Crippen molar-refractivity contribution in [3.05, 3.63) is 34.9 Å². The van der Waals surface area contributed by atoms with E-state index in [1.165, 1.54) is 12.1 Å². The van der Waals surface area contributed by atoms with Gasteiger partial charge >= 0.3 is 12.1 Å². The zero-order chi connectivity index (χ0) is 14.5. The first-order valence-electron chi connectivity index (χ1n) is 5.18. The fourth-order valence-electron chi connectivity index (χ4n) is 1.24. The summed E-state index contributed by atoms with van der Waals surface area (Å²) in [5.41, 5.74) is -1.58. The van der Waals surface area contributed by atoms with E-state index in [-0.39, 0.29) is 12.2 Å². The third kappa shape index (κ3) is 4.04. The van der Waals surface area contributed by atoms with Crippen LogP contribution in [0.15, 0.2) is 18.2 Å². The number of carbonyl (C=O) groups is 1. The maximum atomic E-state index is 12.6. The highest BCUT2D eigenvalue weighted by atomic mass is 19.4. The molecule has 1 aromatic carbocycles. The summed E-state index contributed by atoms with van der Waals surface area (Å²) in [6.45, 7) is 1.72. The van der Waals surface area contributed by atoms with Crippen LogP contribution in [-0.2, 0) is 15.7 Å². The summed E-state index contributed by atoms with van der Waals surface area (Å²) in [7, 11) is 0. The van der Waals surface area contributed by atoms with E-state index in [1.54, 1.807) is 6.92 Å². The summed E-state index contributed by atoms with van der Waals surface area (Å²) in [4.78, 5) is 11.0. The lowest BCUT2D eigenvalue weighted by molar-refractivity contribution is -0.138. The van der Waals surface area contributed by atoms with Crippen LogP contribution in [0.1, 0.15) is 23.6 Å². The molecule has 0 spiro atoms. The molecule has 98 valence electrons. The number of alkyl halides is 3. The van der Waals surface area contributed by atoms with Gasteiger partial charge in [-0.15, -0.1) is 0 Å². The first kappa shape index (κ1) is 14.6. The van der Waals surface area contributed by atoms with Crippen LogP contribution in [0.4, 0.5) is 13.2 Å². The Balaban J connectivity index is 3.14. The highest BCUT2D eigenvalue weighted by Gasteiger charge is 2.33. The van der Waals surface area contributed by atoms with Crippen LogP contribution in [0, 0.1) is 23.2 Å². The van der Waals surface area contributed by atoms with E-state index in [2.05, 4.69) is 16.6 Å². The third-order valence-electron chi connectivity index (χ3n) is 2.03. The van der Waals surface area contributed by atoms with Gasteiger partial charge in [-0.3, -0.25) is 0 Å². The van der Waals surface area contributed by atoms with Crippen molar-refractivity contribution >= 4 is 5.97 Å². The summed E-state index contributed by atoms with van der Waals surface area (Å²) in [5, 5.41) is 8.60. The molecule has 0 radical (unpaired) electrons. The molecule has 0 fully saturated rings. The molecule has 0 bridgehead atoms. The van der Waals surface area contributed by atoms with Crippen molar-refractivity contribution in [2.75, 3.05) is 6.61 Å². The summed E-state index contributed by atoms with van der Waals surface area (Å²) < 4.78 is 42.5. The largest absolute Gasteiger partial charge is 0.456 e. The third-order valence-corrected chi connectivity index (χ3v) is 2.03. The molecule has 0 amide bonds. The van der Waals surface area contributed by atoms with Gasteiger partial charge in [0.15, 0.2) is 0 Å². The number of ether oxygens (including phenoxy) is 1. The fraction of sp³-hybridized carbons (Fsp3) is 0.231. The van der Waals surface area contributed by atoms with Gasteiger partial charge in [0.1, 0.15) is 0 Å². The van der Waals surface area contributed by atoms with Crippen molar-refractivity contribution < 1.29 is 22.7 Å². The van der Waals surface area contributed by atoms with Crippen molar-refractivity contribution in [2.45, 2.75) is 13.1 Å². The molecule has 0 saturated carbocycles. The Hall–Kier alpha value is -2.47. The van der Waals surface area contributed by atoms with E-state index in [0.29, 0.717) is 0 Å². The van der Waals surface area contributed by atoms with Crippen molar-refractivity contribution in [1.29, 1.82) is 5.26 Å². The number of halogens is 3. The minimum Gasteiger partial charge on any atom is -0.456 e. The molecular weight excluding hydrogens is 259 g/mol. The van der Waals surface area contributed by atoms with E-state index in [0.717, 1.165) is 12.1 Å². The number of hydrogen-bond donors (Lipinski definition) is 0. The summed E-state index contributed by atoms with van der Waals surface area (Å²) >= 11 is 0. The minimum absolute atomic E-state index is 0.0145. The molecule has 0 aliphatic carbocycles. The molecule has 19 heavy (non-hydrogen) atoms. The van der Waals surface area contributed by atoms with Crippen molar-refractivity contribution in [3.63, 3.8) is 0 Å². The quantitative estimate of drug-likeness (QED) is 0.580. The maximum Gasteiger partial charge on any atom is 0.417 e. The van der Waals surface area contributed by atoms with Gasteiger partial charge in [-0.2, -0.15) is 18.4 Å². The van der Waals surface area contributed by atoms with Crippen molar-refractivity contribution in [1.82, 2.24) is 0 Å². The molecule has 1 aromatic rings. The SMILES string of the molecule is CCOC(=O)C#Cc1ccc(C#N)c(C(F)(F)F)c1. The summed E-state index contributed by atoms with van der Waals surface area (Å²) in [6, 6.07) is 4.43. The maximum absolute atomic E-state index is 12.6. The van der Waals surface area contributed by atoms with E-state index >= 15 is 0 Å². The Morgan fingerprint density at radius 2 is 2.11 bits per heavy atom. The lowest BCUT2D eigenvalue weighted by Crippen LogP contribution is -2.08. The van der Waals surface area contributed by atoms with Gasteiger partial charge in [-0.05, 0) is 25.1 Å². The summed E-state index contributed by atoms with van der Waals surface area (Å²) in [6.07, 6.45) is -4.65. The van der Waals surface area contributed by atoms with Gasteiger partial charge < -0.3 is 4.74 Å². The van der Waals surface area contributed by atoms with Crippen LogP contribution in [0.3, 0.4) is 0 Å². The van der Waals surface area contributed by atoms with Gasteiger partial charge in [-0.25, -0.2) is 4.79 Å². The van der Waals surface area contributed by atoms with E-state index in [1.807, 2.05) is 0 Å². The Kier molecular flexibility index (Phi) is 4.55. The molecule has 0 unspecified atom stereocenters. The molecule has 0 N–H and O–H groups in total. The second-order valence-corrected chi connectivity index (χ2v) is 3.34. The zero-order valence-corrected chi connectivity index (χ0v) is 9.84. The first-order valence-corrected chi connectivity index (χ1v) is 5.18. The Bertz CT molecular complexity index is 589. The van der Waals surface area contributed by atoms with Crippen LogP contribution >= 0.6 is 0 Å². The van der Waals surface area contributed by atoms with Crippen molar-refractivity contribution in [3.8, 4) is 17.9 Å². The number of nitriles is 1. The average molecular weight is 267 g/mol. The number of nitrogens with zero attached hydrogens (tertiary/aromatic N) is 1. The van der Waals surface area contributed by atoms with E-state index in [4.69, 9.17) is 5.26 Å². The monoisotopic (exact) mass is 267 g/mol. The highest BCUT2D eigenvalue weighted by Crippen LogP contribution is 2.32. The zero-order valence-electron chi connectivity index (χ0n) is 9.84. The topological polar surface area (TPSA) is 50.1 Å². The molecule has 0 aliphatic rings. The summed E-state index contributed by atoms with van der Waals surface area (Å²) in [5.74, 6) is 3.49. The predicted octanol–water partition coefficient (Wildman–Crippen LogP) is 2.49. The molecular formula is C13H8F3NO2. The second kappa shape index (κ2) is 5.92. The van der Waals surface area contributed by atoms with Gasteiger partial charge in [0.25, 0.3) is 0 Å². The van der Waals surface area contributed by atoms with Gasteiger partial charge in [0.2, 0.25) is 0 Å². The Morgan fingerprint density at radius 3 is 2.63 bits per heavy atom. The molecule has 0 atom stereocenters. The van der Waals surface area contributed by atoms with Crippen LogP contribution in [0.25, 0.3) is 0 Å². The molecule has 0 heterocycles. The van der Waals surface area contributed by atoms with Gasteiger partial charge in [-0.1, -0.05) is 5.92 Å². The fourth-order valence-corrected chi connectivity index (χ4v) is 1.24. The van der Waals surface area contributed by atoms with Crippen LogP contribution < -0.4 is 0 Å². The van der Waals surface area contributed by atoms with Gasteiger partial charge in [0.05, 0.1) is 23.8 Å². The lowest BCUT2D eigenvalue weighted by Gasteiger charge is -2.08. The van der Waals surface area contributed by atoms with Crippen molar-refractivity contribution in [2.24, 2.45) is 0 Å². The van der Waals surface area contributed by atoms with E-state index < -0.39 is 23.3 Å². The second-order valence-electron chi connectivity index (χ2n) is 3.34. The number of hydrogen-bond acceptors (Lipinski definition) is 3. The standard InChI is InChI=1S/C13H8F3NO2/c1-2-19-12(18)6-4-9-3-5-10(8-17)11(7-9)13(14,15)16/h3,5,7H,2H2,1H3. The normalized spacial score (nSPS) is 10.1. The molecule has 6 heteroatoms. The number of rotatable bonds is 1. The minimum atomic E-state index is -4.65. The molecule has 0 aliphatic heterocycles. The van der Waals surface area contributed by atoms with Gasteiger partial charge in [0, 0.05) is 11.5 Å². The molecule has 3 nitrogen and oxygen atoms in total. The molecule has 1 rings (SSSR count). The number of benzene rings is 1. The van der Waals surface area contributed by atoms with Crippen LogP contribution in [-0.4, -0.2) is 12.6 Å². The average Bonchev–Trinajstić information content (AvgIpc) is 2.35. The van der Waals surface area contributed by atoms with Crippen LogP contribution in [0.2, 0.25) is 0 Å². The number of carbonyl (C=O) groups excluding carboxylic acids is 1. The predicted molar refractivity (Wildman–Crippen MR) is 59.7 cm³/mol. The highest BCUT2D eigenvalue weighted by molar-refractivity contribution is 5.89. The first-order chi connectivity index (χ1) is 8.88. The molecule has 0 saturated heterocycles. The lowest BCUT2D eigenvalue weighted by atomic mass is 10.0. The Labute approximate surface area is 107 Å². The smallest absolute Gasteiger partial charge is 0.417 e.